The third-order valence-corrected chi connectivity index (χ3v) is 6.83. The Kier molecular flexibility index (Phi) is 7.38. The van der Waals surface area contributed by atoms with Crippen LogP contribution in [0.5, 0.6) is 0 Å². The average molecular weight is 498 g/mol. The van der Waals surface area contributed by atoms with Gasteiger partial charge in [-0.3, -0.25) is 4.57 Å². The SMILES string of the molecule is C[S+](C)CCOCn1c2cnc(C#N)cc2c2c(N3CCN(C(=O)OC(C)(C)C)CC3)ccnc21. The number of hydrogen-bond acceptors (Lipinski definition) is 7. The van der Waals surface area contributed by atoms with E-state index in [-0.39, 0.29) is 6.09 Å². The van der Waals surface area contributed by atoms with Crippen molar-refractivity contribution >= 4 is 44.6 Å². The van der Waals surface area contributed by atoms with Crippen LogP contribution >= 0.6 is 0 Å². The van der Waals surface area contributed by atoms with Gasteiger partial charge in [0.25, 0.3) is 0 Å². The van der Waals surface area contributed by atoms with Crippen LogP contribution in [0.2, 0.25) is 0 Å². The predicted molar refractivity (Wildman–Crippen MR) is 140 cm³/mol. The lowest BCUT2D eigenvalue weighted by Crippen LogP contribution is -2.50. The van der Waals surface area contributed by atoms with E-state index in [0.717, 1.165) is 33.4 Å². The highest BCUT2D eigenvalue weighted by Crippen LogP contribution is 2.35. The van der Waals surface area contributed by atoms with E-state index in [1.807, 2.05) is 37.5 Å². The summed E-state index contributed by atoms with van der Waals surface area (Å²) in [5.41, 5.74) is 2.57. The molecule has 1 fully saturated rings. The number of aromatic nitrogens is 3. The molecule has 1 amide bonds. The smallest absolute Gasteiger partial charge is 0.410 e. The Morgan fingerprint density at radius 2 is 1.94 bits per heavy atom. The van der Waals surface area contributed by atoms with Crippen LogP contribution in [0, 0.1) is 11.3 Å². The molecule has 3 aromatic rings. The third-order valence-electron chi connectivity index (χ3n) is 5.85. The monoisotopic (exact) mass is 497 g/mol. The number of carbonyl (C=O) groups is 1. The second-order valence-electron chi connectivity index (χ2n) is 9.84. The molecule has 1 aliphatic rings. The maximum Gasteiger partial charge on any atom is 0.410 e. The second-order valence-corrected chi connectivity index (χ2v) is 12.2. The molecule has 0 bridgehead atoms. The van der Waals surface area contributed by atoms with Crippen LogP contribution in [-0.4, -0.2) is 82.2 Å². The molecular formula is C25H33N6O3S+. The fraction of sp³-hybridized carbons (Fsp3) is 0.520. The van der Waals surface area contributed by atoms with Gasteiger partial charge in [-0.15, -0.1) is 0 Å². The molecule has 186 valence electrons. The number of carbonyl (C=O) groups excluding carboxylic acids is 1. The Bertz CT molecular complexity index is 1250. The normalized spacial score (nSPS) is 14.7. The molecule has 0 spiro atoms. The van der Waals surface area contributed by atoms with Gasteiger partial charge in [-0.2, -0.15) is 5.26 Å². The van der Waals surface area contributed by atoms with Crippen LogP contribution in [0.1, 0.15) is 26.5 Å². The van der Waals surface area contributed by atoms with E-state index in [0.29, 0.717) is 56.1 Å². The Morgan fingerprint density at radius 3 is 2.60 bits per heavy atom. The zero-order valence-corrected chi connectivity index (χ0v) is 21.9. The number of fused-ring (bicyclic) bond motifs is 3. The van der Waals surface area contributed by atoms with E-state index in [1.54, 1.807) is 17.3 Å². The molecule has 0 radical (unpaired) electrons. The average Bonchev–Trinajstić information content (AvgIpc) is 3.13. The van der Waals surface area contributed by atoms with Gasteiger partial charge in [-0.1, -0.05) is 0 Å². The standard InChI is InChI=1S/C25H33N6O3S/c1-25(2,3)34-24(32)30-10-8-29(9-11-30)20-6-7-27-23-22(20)19-14-18(15-26)28-16-21(19)31(23)17-33-12-13-35(4)5/h6-7,14,16H,8-13,17H2,1-5H3/q+1. The van der Waals surface area contributed by atoms with Crippen molar-refractivity contribution in [3.8, 4) is 6.07 Å². The van der Waals surface area contributed by atoms with Gasteiger partial charge in [-0.05, 0) is 43.8 Å². The van der Waals surface area contributed by atoms with Crippen LogP contribution in [0.4, 0.5) is 10.5 Å². The summed E-state index contributed by atoms with van der Waals surface area (Å²) in [6.45, 7) is 9.16. The summed E-state index contributed by atoms with van der Waals surface area (Å²) in [5, 5.41) is 11.4. The van der Waals surface area contributed by atoms with Gasteiger partial charge in [0.1, 0.15) is 35.5 Å². The van der Waals surface area contributed by atoms with Crippen LogP contribution in [-0.2, 0) is 27.1 Å². The molecule has 0 aliphatic carbocycles. The van der Waals surface area contributed by atoms with Gasteiger partial charge in [0, 0.05) is 37.8 Å². The van der Waals surface area contributed by atoms with Crippen molar-refractivity contribution in [3.05, 3.63) is 30.2 Å². The number of nitrogens with zero attached hydrogens (tertiary/aromatic N) is 6. The maximum absolute atomic E-state index is 12.5. The number of anilines is 1. The minimum absolute atomic E-state index is 0.280. The minimum Gasteiger partial charge on any atom is -0.444 e. The van der Waals surface area contributed by atoms with Crippen LogP contribution in [0.25, 0.3) is 21.9 Å². The van der Waals surface area contributed by atoms with E-state index in [1.165, 1.54) is 0 Å². The third kappa shape index (κ3) is 5.63. The molecule has 1 saturated heterocycles. The highest BCUT2D eigenvalue weighted by atomic mass is 32.2. The summed E-state index contributed by atoms with van der Waals surface area (Å²) < 4.78 is 13.6. The number of piperazine rings is 1. The Morgan fingerprint density at radius 1 is 1.20 bits per heavy atom. The molecule has 0 N–H and O–H groups in total. The Labute approximate surface area is 209 Å². The molecule has 0 saturated carbocycles. The fourth-order valence-electron chi connectivity index (χ4n) is 4.17. The summed E-state index contributed by atoms with van der Waals surface area (Å²) >= 11 is 0. The molecule has 9 nitrogen and oxygen atoms in total. The topological polar surface area (TPSA) is 96.5 Å². The van der Waals surface area contributed by atoms with Crippen LogP contribution in [0.3, 0.4) is 0 Å². The zero-order chi connectivity index (χ0) is 25.2. The lowest BCUT2D eigenvalue weighted by molar-refractivity contribution is 0.0240. The first-order valence-electron chi connectivity index (χ1n) is 11.7. The molecular weight excluding hydrogens is 464 g/mol. The molecule has 1 aliphatic heterocycles. The van der Waals surface area contributed by atoms with Gasteiger partial charge in [0.2, 0.25) is 0 Å². The van der Waals surface area contributed by atoms with E-state index in [2.05, 4.69) is 33.4 Å². The lowest BCUT2D eigenvalue weighted by atomic mass is 10.1. The molecule has 4 rings (SSSR count). The number of pyridine rings is 2. The maximum atomic E-state index is 12.5. The van der Waals surface area contributed by atoms with Gasteiger partial charge in [0.15, 0.2) is 0 Å². The minimum atomic E-state index is -0.516. The molecule has 4 heterocycles. The molecule has 0 aromatic carbocycles. The van der Waals surface area contributed by atoms with E-state index >= 15 is 0 Å². The van der Waals surface area contributed by atoms with Gasteiger partial charge in [-0.25, -0.2) is 14.8 Å². The summed E-state index contributed by atoms with van der Waals surface area (Å²) in [6.07, 6.45) is 7.66. The van der Waals surface area contributed by atoms with E-state index in [9.17, 15) is 10.1 Å². The summed E-state index contributed by atoms with van der Waals surface area (Å²) in [6, 6.07) is 5.98. The molecule has 0 unspecified atom stereocenters. The number of nitriles is 1. The second kappa shape index (κ2) is 10.3. The summed E-state index contributed by atoms with van der Waals surface area (Å²) in [7, 11) is 0.316. The molecule has 35 heavy (non-hydrogen) atoms. The van der Waals surface area contributed by atoms with Crippen molar-refractivity contribution in [1.29, 1.82) is 5.26 Å². The predicted octanol–water partition coefficient (Wildman–Crippen LogP) is 3.37. The Balaban J connectivity index is 1.65. The largest absolute Gasteiger partial charge is 0.444 e. The number of rotatable bonds is 6. The van der Waals surface area contributed by atoms with E-state index < -0.39 is 5.60 Å². The van der Waals surface area contributed by atoms with Gasteiger partial charge < -0.3 is 19.3 Å². The van der Waals surface area contributed by atoms with Crippen molar-refractivity contribution in [3.63, 3.8) is 0 Å². The summed E-state index contributed by atoms with van der Waals surface area (Å²) in [5.74, 6) is 1.01. The highest BCUT2D eigenvalue weighted by Gasteiger charge is 2.27. The van der Waals surface area contributed by atoms with Crippen molar-refractivity contribution in [2.45, 2.75) is 33.1 Å². The molecule has 10 heteroatoms. The number of hydrogen-bond donors (Lipinski definition) is 0. The Hall–Kier alpha value is -3.03. The van der Waals surface area contributed by atoms with Gasteiger partial charge >= 0.3 is 6.09 Å². The van der Waals surface area contributed by atoms with Crippen molar-refractivity contribution in [2.75, 3.05) is 56.0 Å². The van der Waals surface area contributed by atoms with Crippen molar-refractivity contribution < 1.29 is 14.3 Å². The first-order chi connectivity index (χ1) is 16.7. The zero-order valence-electron chi connectivity index (χ0n) is 21.1. The molecule has 3 aromatic heterocycles. The quantitative estimate of drug-likeness (QED) is 0.381. The fourth-order valence-corrected chi connectivity index (χ4v) is 4.63. The number of ether oxygens (including phenoxy) is 2. The molecule has 0 atom stereocenters. The van der Waals surface area contributed by atoms with E-state index in [4.69, 9.17) is 9.47 Å². The highest BCUT2D eigenvalue weighted by molar-refractivity contribution is 7.95. The van der Waals surface area contributed by atoms with Gasteiger partial charge in [0.05, 0.1) is 41.9 Å². The van der Waals surface area contributed by atoms with Crippen LogP contribution in [0.15, 0.2) is 24.5 Å². The van der Waals surface area contributed by atoms with Crippen molar-refractivity contribution in [2.24, 2.45) is 0 Å². The number of amides is 1. The van der Waals surface area contributed by atoms with Crippen LogP contribution < -0.4 is 4.90 Å². The van der Waals surface area contributed by atoms with Crippen molar-refractivity contribution in [1.82, 2.24) is 19.4 Å². The first kappa shape index (κ1) is 25.1. The summed E-state index contributed by atoms with van der Waals surface area (Å²) in [4.78, 5) is 25.5. The lowest BCUT2D eigenvalue weighted by Gasteiger charge is -2.37. The first-order valence-corrected chi connectivity index (χ1v) is 13.9.